The van der Waals surface area contributed by atoms with Crippen LogP contribution in [0.15, 0.2) is 42.6 Å². The van der Waals surface area contributed by atoms with Crippen LogP contribution in [0.25, 0.3) is 0 Å². The molecule has 3 heteroatoms. The van der Waals surface area contributed by atoms with Crippen LogP contribution in [0.1, 0.15) is 48.2 Å². The van der Waals surface area contributed by atoms with Crippen LogP contribution in [-0.4, -0.2) is 16.6 Å². The first-order valence-corrected chi connectivity index (χ1v) is 8.00. The summed E-state index contributed by atoms with van der Waals surface area (Å²) in [4.78, 5) is 4.62. The van der Waals surface area contributed by atoms with Gasteiger partial charge in [-0.25, -0.2) is 0 Å². The molecule has 1 aromatic heterocycles. The summed E-state index contributed by atoms with van der Waals surface area (Å²) >= 11 is 0. The number of rotatable bonds is 6. The molecule has 2 N–H and O–H groups in total. The smallest absolute Gasteiger partial charge is 0.0681 e. The molecule has 3 nitrogen and oxygen atoms in total. The van der Waals surface area contributed by atoms with Gasteiger partial charge in [-0.15, -0.1) is 0 Å². The van der Waals surface area contributed by atoms with E-state index in [1.54, 1.807) is 0 Å². The Hall–Kier alpha value is -1.71. The van der Waals surface area contributed by atoms with Crippen molar-refractivity contribution in [2.45, 2.75) is 44.8 Å². The number of pyridine rings is 1. The summed E-state index contributed by atoms with van der Waals surface area (Å²) in [7, 11) is 0. The van der Waals surface area contributed by atoms with Crippen molar-refractivity contribution in [1.82, 2.24) is 10.3 Å². The number of benzene rings is 1. The number of aryl methyl sites for hydroxylation is 1. The van der Waals surface area contributed by atoms with Gasteiger partial charge in [-0.05, 0) is 49.4 Å². The Labute approximate surface area is 132 Å². The fourth-order valence-electron chi connectivity index (χ4n) is 3.12. The summed E-state index contributed by atoms with van der Waals surface area (Å²) in [5.41, 5.74) is 4.94. The van der Waals surface area contributed by atoms with E-state index in [2.05, 4.69) is 42.3 Å². The number of hydrogen-bond donors (Lipinski definition) is 2. The third-order valence-electron chi connectivity index (χ3n) is 4.75. The average Bonchev–Trinajstić information content (AvgIpc) is 3.34. The van der Waals surface area contributed by atoms with Crippen molar-refractivity contribution in [1.29, 1.82) is 0 Å². The molecule has 1 atom stereocenters. The van der Waals surface area contributed by atoms with Gasteiger partial charge in [-0.1, -0.05) is 30.3 Å². The van der Waals surface area contributed by atoms with Gasteiger partial charge in [0.1, 0.15) is 0 Å². The van der Waals surface area contributed by atoms with Gasteiger partial charge in [0, 0.05) is 24.2 Å². The van der Waals surface area contributed by atoms with Gasteiger partial charge in [0.25, 0.3) is 0 Å². The first kappa shape index (κ1) is 15.2. The highest BCUT2D eigenvalue weighted by Crippen LogP contribution is 2.48. The maximum Gasteiger partial charge on any atom is 0.0681 e. The van der Waals surface area contributed by atoms with Gasteiger partial charge in [0.05, 0.1) is 12.3 Å². The highest BCUT2D eigenvalue weighted by atomic mass is 16.3. The average molecular weight is 296 g/mol. The SMILES string of the molecule is Cc1cccnc1C1(CNC(C)c2cccc(CO)c2)CC1. The van der Waals surface area contributed by atoms with Crippen molar-refractivity contribution in [3.8, 4) is 0 Å². The molecule has 2 aromatic rings. The Bertz CT molecular complexity index is 649. The lowest BCUT2D eigenvalue weighted by atomic mass is 9.96. The van der Waals surface area contributed by atoms with Crippen molar-refractivity contribution in [2.75, 3.05) is 6.54 Å². The van der Waals surface area contributed by atoms with E-state index in [-0.39, 0.29) is 18.1 Å². The minimum atomic E-state index is 0.0949. The molecule has 1 saturated carbocycles. The van der Waals surface area contributed by atoms with E-state index >= 15 is 0 Å². The highest BCUT2D eigenvalue weighted by molar-refractivity contribution is 5.33. The van der Waals surface area contributed by atoms with E-state index in [9.17, 15) is 5.11 Å². The lowest BCUT2D eigenvalue weighted by Crippen LogP contribution is -2.30. The minimum Gasteiger partial charge on any atom is -0.392 e. The zero-order chi connectivity index (χ0) is 15.6. The van der Waals surface area contributed by atoms with Crippen LogP contribution in [0.2, 0.25) is 0 Å². The minimum absolute atomic E-state index is 0.0949. The summed E-state index contributed by atoms with van der Waals surface area (Å²) in [6.45, 7) is 5.38. The molecule has 1 heterocycles. The van der Waals surface area contributed by atoms with Crippen LogP contribution in [0.5, 0.6) is 0 Å². The fourth-order valence-corrected chi connectivity index (χ4v) is 3.12. The second-order valence-corrected chi connectivity index (χ2v) is 6.45. The summed E-state index contributed by atoms with van der Waals surface area (Å²) < 4.78 is 0. The van der Waals surface area contributed by atoms with Crippen LogP contribution in [0.4, 0.5) is 0 Å². The predicted octanol–water partition coefficient (Wildman–Crippen LogP) is 3.26. The van der Waals surface area contributed by atoms with E-state index in [4.69, 9.17) is 0 Å². The molecule has 0 spiro atoms. The number of aliphatic hydroxyl groups excluding tert-OH is 1. The molecule has 0 amide bonds. The molecule has 3 rings (SSSR count). The summed E-state index contributed by atoms with van der Waals surface area (Å²) in [5.74, 6) is 0. The lowest BCUT2D eigenvalue weighted by Gasteiger charge is -2.21. The standard InChI is InChI=1S/C19H24N2O/c1-14-5-4-10-20-18(14)19(8-9-19)13-21-15(2)17-7-3-6-16(11-17)12-22/h3-7,10-11,15,21-22H,8-9,12-13H2,1-2H3. The van der Waals surface area contributed by atoms with E-state index in [0.29, 0.717) is 0 Å². The number of nitrogens with zero attached hydrogens (tertiary/aromatic N) is 1. The summed E-state index contributed by atoms with van der Waals surface area (Å²) in [6.07, 6.45) is 4.32. The summed E-state index contributed by atoms with van der Waals surface area (Å²) in [5, 5.41) is 12.9. The molecular weight excluding hydrogens is 272 g/mol. The maximum absolute atomic E-state index is 9.26. The van der Waals surface area contributed by atoms with Crippen LogP contribution in [-0.2, 0) is 12.0 Å². The Balaban J connectivity index is 1.68. The molecule has 0 aliphatic heterocycles. The van der Waals surface area contributed by atoms with E-state index in [0.717, 1.165) is 12.1 Å². The molecule has 1 unspecified atom stereocenters. The topological polar surface area (TPSA) is 45.2 Å². The molecule has 22 heavy (non-hydrogen) atoms. The molecule has 1 aliphatic rings. The molecule has 1 fully saturated rings. The second kappa shape index (κ2) is 6.19. The van der Waals surface area contributed by atoms with Gasteiger partial charge in [0.2, 0.25) is 0 Å². The molecule has 116 valence electrons. The molecule has 0 bridgehead atoms. The first-order chi connectivity index (χ1) is 10.6. The van der Waals surface area contributed by atoms with E-state index in [1.807, 2.05) is 24.4 Å². The Morgan fingerprint density at radius 2 is 2.09 bits per heavy atom. The molecule has 1 aromatic carbocycles. The van der Waals surface area contributed by atoms with Crippen LogP contribution >= 0.6 is 0 Å². The van der Waals surface area contributed by atoms with Gasteiger partial charge < -0.3 is 10.4 Å². The zero-order valence-corrected chi connectivity index (χ0v) is 13.3. The first-order valence-electron chi connectivity index (χ1n) is 8.00. The number of nitrogens with one attached hydrogen (secondary N) is 1. The quantitative estimate of drug-likeness (QED) is 0.860. The van der Waals surface area contributed by atoms with Gasteiger partial charge in [-0.3, -0.25) is 4.98 Å². The second-order valence-electron chi connectivity index (χ2n) is 6.45. The van der Waals surface area contributed by atoms with Crippen molar-refractivity contribution in [3.63, 3.8) is 0 Å². The highest BCUT2D eigenvalue weighted by Gasteiger charge is 2.46. The van der Waals surface area contributed by atoms with E-state index in [1.165, 1.54) is 29.7 Å². The van der Waals surface area contributed by atoms with Crippen molar-refractivity contribution in [2.24, 2.45) is 0 Å². The maximum atomic E-state index is 9.26. The Kier molecular flexibility index (Phi) is 4.27. The largest absolute Gasteiger partial charge is 0.392 e. The van der Waals surface area contributed by atoms with Crippen molar-refractivity contribution in [3.05, 3.63) is 65.0 Å². The van der Waals surface area contributed by atoms with Crippen LogP contribution in [0.3, 0.4) is 0 Å². The molecular formula is C19H24N2O. The third kappa shape index (κ3) is 3.06. The number of hydrogen-bond acceptors (Lipinski definition) is 3. The zero-order valence-electron chi connectivity index (χ0n) is 13.3. The van der Waals surface area contributed by atoms with Crippen molar-refractivity contribution >= 4 is 0 Å². The molecule has 0 saturated heterocycles. The number of aliphatic hydroxyl groups is 1. The van der Waals surface area contributed by atoms with E-state index < -0.39 is 0 Å². The molecule has 1 aliphatic carbocycles. The summed E-state index contributed by atoms with van der Waals surface area (Å²) in [6, 6.07) is 12.6. The lowest BCUT2D eigenvalue weighted by molar-refractivity contribution is 0.281. The fraction of sp³-hybridized carbons (Fsp3) is 0.421. The van der Waals surface area contributed by atoms with Crippen molar-refractivity contribution < 1.29 is 5.11 Å². The van der Waals surface area contributed by atoms with Crippen LogP contribution in [0, 0.1) is 6.92 Å². The Morgan fingerprint density at radius 3 is 2.77 bits per heavy atom. The third-order valence-corrected chi connectivity index (χ3v) is 4.75. The normalized spacial score (nSPS) is 17.2. The predicted molar refractivity (Wildman–Crippen MR) is 88.7 cm³/mol. The molecule has 0 radical (unpaired) electrons. The van der Waals surface area contributed by atoms with Gasteiger partial charge >= 0.3 is 0 Å². The number of aromatic nitrogens is 1. The Morgan fingerprint density at radius 1 is 1.27 bits per heavy atom. The van der Waals surface area contributed by atoms with Gasteiger partial charge in [-0.2, -0.15) is 0 Å². The van der Waals surface area contributed by atoms with Gasteiger partial charge in [0.15, 0.2) is 0 Å². The van der Waals surface area contributed by atoms with Crippen LogP contribution < -0.4 is 5.32 Å². The monoisotopic (exact) mass is 296 g/mol.